The van der Waals surface area contributed by atoms with Gasteiger partial charge in [-0.25, -0.2) is 0 Å². The van der Waals surface area contributed by atoms with Crippen LogP contribution in [0.3, 0.4) is 0 Å². The van der Waals surface area contributed by atoms with E-state index in [9.17, 15) is 0 Å². The number of hydrogen-bond acceptors (Lipinski definition) is 0. The highest BCUT2D eigenvalue weighted by Crippen LogP contribution is 2.57. The van der Waals surface area contributed by atoms with Gasteiger partial charge in [-0.05, 0) is 131 Å². The molecule has 0 radical (unpaired) electrons. The van der Waals surface area contributed by atoms with Crippen molar-refractivity contribution in [2.45, 2.75) is 5.41 Å². The standard InChI is InChI=1S/C67H45N/c1-6-16-46(17-7-1)49-26-30-51(31-27-49)53-35-40-65-61(42-53)62-43-54(52-32-28-50(29-33-52)47-18-8-2-9-19-47)36-41-66(62)68(65)58-37-39-60-59-38-34-55(48-20-10-3-11-21-48)44-63(59)67(64(60)45-58,56-22-12-4-13-23-56)57-24-14-5-15-25-57/h1-45H. The van der Waals surface area contributed by atoms with Gasteiger partial charge in [0.15, 0.2) is 0 Å². The minimum absolute atomic E-state index is 0.565. The first-order valence-corrected chi connectivity index (χ1v) is 23.6. The average molecular weight is 864 g/mol. The Morgan fingerprint density at radius 2 is 0.544 bits per heavy atom. The van der Waals surface area contributed by atoms with Gasteiger partial charge in [0.2, 0.25) is 0 Å². The molecule has 0 saturated heterocycles. The van der Waals surface area contributed by atoms with E-state index in [1.807, 2.05) is 0 Å². The third kappa shape index (κ3) is 6.47. The fourth-order valence-electron chi connectivity index (χ4n) is 11.1. The highest BCUT2D eigenvalue weighted by Gasteiger charge is 2.46. The Labute approximate surface area is 397 Å². The highest BCUT2D eigenvalue weighted by molar-refractivity contribution is 6.12. The van der Waals surface area contributed by atoms with Gasteiger partial charge in [-0.1, -0.05) is 231 Å². The zero-order valence-electron chi connectivity index (χ0n) is 37.4. The Morgan fingerprint density at radius 3 is 0.985 bits per heavy atom. The summed E-state index contributed by atoms with van der Waals surface area (Å²) in [5.41, 5.74) is 22.6. The normalized spacial score (nSPS) is 12.5. The number of hydrogen-bond donors (Lipinski definition) is 0. The van der Waals surface area contributed by atoms with E-state index < -0.39 is 5.41 Å². The monoisotopic (exact) mass is 863 g/mol. The van der Waals surface area contributed by atoms with Crippen molar-refractivity contribution in [3.63, 3.8) is 0 Å². The molecular formula is C67H45N. The van der Waals surface area contributed by atoms with E-state index >= 15 is 0 Å². The molecule has 0 aliphatic heterocycles. The molecule has 0 N–H and O–H groups in total. The lowest BCUT2D eigenvalue weighted by Crippen LogP contribution is -2.28. The molecule has 0 unspecified atom stereocenters. The molecule has 0 fully saturated rings. The fourth-order valence-corrected chi connectivity index (χ4v) is 11.1. The SMILES string of the molecule is c1ccc(-c2ccc(-c3ccc4c(c3)c3cc(-c5ccc(-c6ccccc6)cc5)ccc3n4-c3ccc4c(c3)C(c3ccccc3)(c3ccccc3)c3cc(-c5ccccc5)ccc3-4)cc2)cc1. The number of rotatable bonds is 8. The fraction of sp³-hybridized carbons (Fsp3) is 0.0149. The van der Waals surface area contributed by atoms with Crippen LogP contribution in [-0.4, -0.2) is 4.57 Å². The van der Waals surface area contributed by atoms with Crippen LogP contribution in [0.25, 0.3) is 94.3 Å². The van der Waals surface area contributed by atoms with E-state index in [0.29, 0.717) is 0 Å². The van der Waals surface area contributed by atoms with E-state index in [4.69, 9.17) is 0 Å². The predicted octanol–water partition coefficient (Wildman–Crippen LogP) is 17.5. The van der Waals surface area contributed by atoms with Crippen LogP contribution in [0.4, 0.5) is 0 Å². The van der Waals surface area contributed by atoms with E-state index in [2.05, 4.69) is 278 Å². The first-order chi connectivity index (χ1) is 33.7. The summed E-state index contributed by atoms with van der Waals surface area (Å²) in [6.45, 7) is 0. The molecule has 11 aromatic carbocycles. The van der Waals surface area contributed by atoms with Crippen molar-refractivity contribution in [2.24, 2.45) is 0 Å². The lowest BCUT2D eigenvalue weighted by molar-refractivity contribution is 0.768. The lowest BCUT2D eigenvalue weighted by Gasteiger charge is -2.34. The van der Waals surface area contributed by atoms with Crippen molar-refractivity contribution < 1.29 is 0 Å². The van der Waals surface area contributed by atoms with E-state index in [0.717, 1.165) is 5.69 Å². The number of aromatic nitrogens is 1. The first-order valence-electron chi connectivity index (χ1n) is 23.6. The van der Waals surface area contributed by atoms with Crippen LogP contribution >= 0.6 is 0 Å². The molecule has 1 aliphatic carbocycles. The third-order valence-corrected chi connectivity index (χ3v) is 14.3. The molecule has 13 rings (SSSR count). The Balaban J connectivity index is 1.02. The zero-order chi connectivity index (χ0) is 45.0. The largest absolute Gasteiger partial charge is 0.309 e. The first kappa shape index (κ1) is 39.6. The molecule has 318 valence electrons. The molecule has 1 aliphatic rings. The molecule has 0 saturated carbocycles. The second-order valence-electron chi connectivity index (χ2n) is 18.0. The van der Waals surface area contributed by atoms with Crippen molar-refractivity contribution in [1.29, 1.82) is 0 Å². The van der Waals surface area contributed by atoms with Gasteiger partial charge in [0.05, 0.1) is 16.4 Å². The number of benzene rings is 11. The summed E-state index contributed by atoms with van der Waals surface area (Å²) in [5.74, 6) is 0. The highest BCUT2D eigenvalue weighted by atomic mass is 15.0. The number of fused-ring (bicyclic) bond motifs is 6. The Kier molecular flexibility index (Phi) is 9.47. The Hall–Kier alpha value is -8.78. The summed E-state index contributed by atoms with van der Waals surface area (Å²) in [5, 5.41) is 2.45. The van der Waals surface area contributed by atoms with Gasteiger partial charge in [0, 0.05) is 16.5 Å². The quantitative estimate of drug-likeness (QED) is 0.143. The molecule has 1 heterocycles. The van der Waals surface area contributed by atoms with Crippen molar-refractivity contribution >= 4 is 21.8 Å². The molecule has 0 spiro atoms. The summed E-state index contributed by atoms with van der Waals surface area (Å²) >= 11 is 0. The second kappa shape index (κ2) is 16.3. The van der Waals surface area contributed by atoms with Gasteiger partial charge in [0.25, 0.3) is 0 Å². The smallest absolute Gasteiger partial charge is 0.0714 e. The lowest BCUT2D eigenvalue weighted by atomic mass is 9.67. The molecule has 1 heteroatoms. The predicted molar refractivity (Wildman–Crippen MR) is 285 cm³/mol. The number of nitrogens with zero attached hydrogens (tertiary/aromatic N) is 1. The summed E-state index contributed by atoms with van der Waals surface area (Å²) in [4.78, 5) is 0. The Morgan fingerprint density at radius 1 is 0.235 bits per heavy atom. The van der Waals surface area contributed by atoms with Gasteiger partial charge in [-0.3, -0.25) is 0 Å². The van der Waals surface area contributed by atoms with Crippen LogP contribution in [-0.2, 0) is 5.41 Å². The van der Waals surface area contributed by atoms with E-state index in [-0.39, 0.29) is 0 Å². The van der Waals surface area contributed by atoms with Crippen LogP contribution in [0.15, 0.2) is 273 Å². The van der Waals surface area contributed by atoms with E-state index in [1.165, 1.54) is 111 Å². The van der Waals surface area contributed by atoms with Gasteiger partial charge in [-0.15, -0.1) is 0 Å². The van der Waals surface area contributed by atoms with Crippen molar-refractivity contribution in [2.75, 3.05) is 0 Å². The van der Waals surface area contributed by atoms with Crippen molar-refractivity contribution in [3.05, 3.63) is 295 Å². The maximum atomic E-state index is 2.49. The third-order valence-electron chi connectivity index (χ3n) is 14.3. The van der Waals surface area contributed by atoms with Gasteiger partial charge in [-0.2, -0.15) is 0 Å². The summed E-state index contributed by atoms with van der Waals surface area (Å²) in [7, 11) is 0. The van der Waals surface area contributed by atoms with Crippen LogP contribution in [0.1, 0.15) is 22.3 Å². The van der Waals surface area contributed by atoms with E-state index in [1.54, 1.807) is 0 Å². The molecule has 12 aromatic rings. The average Bonchev–Trinajstić information content (AvgIpc) is 3.91. The van der Waals surface area contributed by atoms with Gasteiger partial charge in [0.1, 0.15) is 0 Å². The van der Waals surface area contributed by atoms with Crippen LogP contribution in [0, 0.1) is 0 Å². The Bertz CT molecular complexity index is 3600. The minimum atomic E-state index is -0.565. The molecule has 1 nitrogen and oxygen atoms in total. The molecule has 68 heavy (non-hydrogen) atoms. The van der Waals surface area contributed by atoms with Crippen LogP contribution < -0.4 is 0 Å². The van der Waals surface area contributed by atoms with Crippen molar-refractivity contribution in [3.8, 4) is 72.4 Å². The molecule has 0 bridgehead atoms. The topological polar surface area (TPSA) is 4.93 Å². The van der Waals surface area contributed by atoms with Crippen molar-refractivity contribution in [1.82, 2.24) is 4.57 Å². The summed E-state index contributed by atoms with van der Waals surface area (Å²) < 4.78 is 2.49. The zero-order valence-corrected chi connectivity index (χ0v) is 37.4. The van der Waals surface area contributed by atoms with Crippen LogP contribution in [0.2, 0.25) is 0 Å². The molecular weight excluding hydrogens is 819 g/mol. The summed E-state index contributed by atoms with van der Waals surface area (Å²) in [6, 6.07) is 101. The minimum Gasteiger partial charge on any atom is -0.309 e. The second-order valence-corrected chi connectivity index (χ2v) is 18.0. The van der Waals surface area contributed by atoms with Gasteiger partial charge >= 0.3 is 0 Å². The molecule has 0 amide bonds. The summed E-state index contributed by atoms with van der Waals surface area (Å²) in [6.07, 6.45) is 0. The maximum Gasteiger partial charge on any atom is 0.0714 e. The molecule has 1 aromatic heterocycles. The molecule has 0 atom stereocenters. The van der Waals surface area contributed by atoms with Crippen LogP contribution in [0.5, 0.6) is 0 Å². The van der Waals surface area contributed by atoms with Gasteiger partial charge < -0.3 is 4.57 Å². The maximum absolute atomic E-state index is 2.49.